The van der Waals surface area contributed by atoms with Crippen molar-refractivity contribution in [3.8, 4) is 5.88 Å². The minimum Gasteiger partial charge on any atom is -0.390 e. The maximum Gasteiger partial charge on any atom is 0.414 e. The minimum absolute atomic E-state index is 0.0257. The lowest BCUT2D eigenvalue weighted by Gasteiger charge is -2.35. The Kier molecular flexibility index (Phi) is 9.97. The third kappa shape index (κ3) is 6.70. The Balaban J connectivity index is 1.39. The van der Waals surface area contributed by atoms with Gasteiger partial charge < -0.3 is 38.0 Å². The Morgan fingerprint density at radius 2 is 1.88 bits per heavy atom. The van der Waals surface area contributed by atoms with E-state index in [2.05, 4.69) is 33.0 Å². The van der Waals surface area contributed by atoms with Crippen LogP contribution in [0, 0.1) is 0 Å². The first kappa shape index (κ1) is 32.8. The fraction of sp³-hybridized carbons (Fsp3) is 0.769. The molecule has 14 nitrogen and oxygen atoms in total. The van der Waals surface area contributed by atoms with E-state index in [1.807, 2.05) is 0 Å². The molecule has 1 aliphatic carbocycles. The molecular weight excluding hydrogens is 625 g/mol. The van der Waals surface area contributed by atoms with Crippen molar-refractivity contribution in [1.82, 2.24) is 25.1 Å². The number of carbonyl (C=O) groups is 1. The van der Waals surface area contributed by atoms with Crippen LogP contribution in [0.15, 0.2) is 6.20 Å². The molecule has 2 saturated heterocycles. The van der Waals surface area contributed by atoms with Crippen LogP contribution in [-0.4, -0.2) is 86.9 Å². The Morgan fingerprint density at radius 1 is 1.21 bits per heavy atom. The van der Waals surface area contributed by atoms with E-state index < -0.39 is 49.4 Å². The predicted octanol–water partition coefficient (Wildman–Crippen LogP) is 4.86. The number of ether oxygens (including phenoxy) is 5. The highest BCUT2D eigenvalue weighted by Gasteiger charge is 2.58. The molecule has 0 radical (unpaired) electrons. The second-order valence-corrected chi connectivity index (χ2v) is 14.4. The van der Waals surface area contributed by atoms with Gasteiger partial charge in [0.2, 0.25) is 11.2 Å². The lowest BCUT2D eigenvalue weighted by Crippen LogP contribution is -2.39. The molecule has 3 aliphatic rings. The summed E-state index contributed by atoms with van der Waals surface area (Å²) in [5, 5.41) is 6.22. The molecule has 2 aliphatic heterocycles. The molecule has 3 fully saturated rings. The number of aromatic nitrogens is 4. The molecule has 1 unspecified atom stereocenters. The number of nitrogens with zero attached hydrogens (tertiary/aromatic N) is 4. The lowest BCUT2D eigenvalue weighted by atomic mass is 10.1. The molecule has 4 heterocycles. The number of rotatable bonds is 12. The molecule has 2 aromatic rings. The molecule has 0 spiro atoms. The molecular formula is C26H39ClN5O9PS. The molecule has 1 N–H and O–H groups in total. The highest BCUT2D eigenvalue weighted by atomic mass is 35.5. The highest BCUT2D eigenvalue weighted by Crippen LogP contribution is 2.61. The van der Waals surface area contributed by atoms with Crippen LogP contribution in [-0.2, 0) is 32.6 Å². The van der Waals surface area contributed by atoms with Crippen molar-refractivity contribution in [2.75, 3.05) is 25.6 Å². The Bertz CT molecular complexity index is 1350. The topological polar surface area (TPSA) is 154 Å². The summed E-state index contributed by atoms with van der Waals surface area (Å²) in [6, 6.07) is 0.0641. The lowest BCUT2D eigenvalue weighted by molar-refractivity contribution is -0.205. The Labute approximate surface area is 260 Å². The number of hydrogen-bond acceptors (Lipinski definition) is 13. The van der Waals surface area contributed by atoms with Crippen LogP contribution >= 0.6 is 31.8 Å². The fourth-order valence-electron chi connectivity index (χ4n) is 5.61. The normalized spacial score (nSPS) is 27.0. The molecule has 240 valence electrons. The van der Waals surface area contributed by atoms with E-state index in [0.29, 0.717) is 5.39 Å². The van der Waals surface area contributed by atoms with Crippen LogP contribution in [0.2, 0.25) is 5.28 Å². The van der Waals surface area contributed by atoms with Gasteiger partial charge in [-0.05, 0) is 59.1 Å². The summed E-state index contributed by atoms with van der Waals surface area (Å²) in [5.41, 5.74) is 0.277. The quantitative estimate of drug-likeness (QED) is 0.181. The SMILES string of the molecule is CCOP(=O)(OCC)C(C)(CS)OC[C@H]1O[C@@H](n2ncc3c(OC(=O)NC4CCCC4)nc(Cl)nc32)[C@@H]2OC(C)(C)O[C@@H]21. The van der Waals surface area contributed by atoms with Crippen molar-refractivity contribution in [3.63, 3.8) is 0 Å². The van der Waals surface area contributed by atoms with Crippen LogP contribution in [0.4, 0.5) is 4.79 Å². The number of carbonyl (C=O) groups excluding carboxylic acids is 1. The zero-order chi connectivity index (χ0) is 31.0. The zero-order valence-corrected chi connectivity index (χ0v) is 27.4. The minimum atomic E-state index is -3.70. The van der Waals surface area contributed by atoms with Crippen LogP contribution < -0.4 is 10.1 Å². The summed E-state index contributed by atoms with van der Waals surface area (Å²) >= 11 is 10.7. The maximum atomic E-state index is 13.6. The summed E-state index contributed by atoms with van der Waals surface area (Å²) in [6.07, 6.45) is 2.09. The van der Waals surface area contributed by atoms with Gasteiger partial charge in [0.25, 0.3) is 0 Å². The monoisotopic (exact) mass is 663 g/mol. The van der Waals surface area contributed by atoms with Gasteiger partial charge in [0.1, 0.15) is 23.7 Å². The molecule has 1 saturated carbocycles. The van der Waals surface area contributed by atoms with Gasteiger partial charge in [0, 0.05) is 11.8 Å². The highest BCUT2D eigenvalue weighted by molar-refractivity contribution is 7.81. The standard InChI is InChI=1S/C26H39ClN5O9PS/c1-6-36-42(34,37-7-2)26(5,14-43)35-13-17-18-19(41-25(3,4)40-18)22(38-17)32-20-16(12-28-32)21(31-23(27)30-20)39-24(33)29-15-10-8-9-11-15/h12,15,17-19,22,43H,6-11,13-14H2,1-5H3,(H,29,33)/t17-,18-,19-,22-,26?/m1/s1. The molecule has 0 bridgehead atoms. The average Bonchev–Trinajstić information content (AvgIpc) is 3.72. The molecule has 5 atom stereocenters. The van der Waals surface area contributed by atoms with Crippen LogP contribution in [0.3, 0.4) is 0 Å². The number of thiol groups is 1. The Hall–Kier alpha value is -1.55. The summed E-state index contributed by atoms with van der Waals surface area (Å²) in [4.78, 5) is 21.1. The van der Waals surface area contributed by atoms with E-state index in [0.717, 1.165) is 25.7 Å². The summed E-state index contributed by atoms with van der Waals surface area (Å²) < 4.78 is 56.8. The van der Waals surface area contributed by atoms with Gasteiger partial charge in [-0.3, -0.25) is 4.57 Å². The molecule has 5 rings (SSSR count). The molecule has 43 heavy (non-hydrogen) atoms. The third-order valence-corrected chi connectivity index (χ3v) is 11.3. The number of hydrogen-bond donors (Lipinski definition) is 2. The first-order valence-electron chi connectivity index (χ1n) is 14.5. The van der Waals surface area contributed by atoms with E-state index in [9.17, 15) is 9.36 Å². The van der Waals surface area contributed by atoms with Gasteiger partial charge >= 0.3 is 13.7 Å². The van der Waals surface area contributed by atoms with Crippen molar-refractivity contribution >= 4 is 49.0 Å². The van der Waals surface area contributed by atoms with Gasteiger partial charge in [0.05, 0.1) is 26.0 Å². The first-order chi connectivity index (χ1) is 20.4. The van der Waals surface area contributed by atoms with E-state index in [1.165, 1.54) is 10.9 Å². The van der Waals surface area contributed by atoms with Crippen LogP contribution in [0.25, 0.3) is 11.0 Å². The van der Waals surface area contributed by atoms with Gasteiger partial charge in [-0.15, -0.1) is 0 Å². The maximum absolute atomic E-state index is 13.6. The molecule has 2 aromatic heterocycles. The smallest absolute Gasteiger partial charge is 0.390 e. The van der Waals surface area contributed by atoms with Crippen molar-refractivity contribution in [2.24, 2.45) is 0 Å². The van der Waals surface area contributed by atoms with E-state index in [4.69, 9.17) is 44.3 Å². The summed E-state index contributed by atoms with van der Waals surface area (Å²) in [7, 11) is -3.70. The molecule has 1 amide bonds. The number of fused-ring (bicyclic) bond motifs is 2. The van der Waals surface area contributed by atoms with Crippen molar-refractivity contribution in [3.05, 3.63) is 11.5 Å². The third-order valence-electron chi connectivity index (χ3n) is 7.65. The van der Waals surface area contributed by atoms with Crippen molar-refractivity contribution in [1.29, 1.82) is 0 Å². The van der Waals surface area contributed by atoms with Crippen LogP contribution in [0.1, 0.15) is 66.5 Å². The summed E-state index contributed by atoms with van der Waals surface area (Å²) in [6.45, 7) is 9.00. The zero-order valence-electron chi connectivity index (χ0n) is 24.9. The summed E-state index contributed by atoms with van der Waals surface area (Å²) in [5.74, 6) is -0.896. The van der Waals surface area contributed by atoms with Gasteiger partial charge in [0.15, 0.2) is 23.0 Å². The number of halogens is 1. The first-order valence-corrected chi connectivity index (χ1v) is 17.0. The van der Waals surface area contributed by atoms with Crippen molar-refractivity contribution < 1.29 is 42.1 Å². The van der Waals surface area contributed by atoms with E-state index >= 15 is 0 Å². The Morgan fingerprint density at radius 3 is 2.53 bits per heavy atom. The average molecular weight is 664 g/mol. The largest absolute Gasteiger partial charge is 0.414 e. The van der Waals surface area contributed by atoms with Crippen molar-refractivity contribution in [2.45, 2.75) is 102 Å². The van der Waals surface area contributed by atoms with E-state index in [1.54, 1.807) is 34.6 Å². The molecule has 0 aromatic carbocycles. The second kappa shape index (κ2) is 13.1. The number of amides is 1. The molecule has 17 heteroatoms. The predicted molar refractivity (Wildman–Crippen MR) is 159 cm³/mol. The van der Waals surface area contributed by atoms with Gasteiger partial charge in [-0.1, -0.05) is 12.8 Å². The van der Waals surface area contributed by atoms with E-state index in [-0.39, 0.29) is 48.4 Å². The second-order valence-electron chi connectivity index (χ2n) is 11.2. The van der Waals surface area contributed by atoms with Crippen LogP contribution in [0.5, 0.6) is 5.88 Å². The van der Waals surface area contributed by atoms with Gasteiger partial charge in [-0.2, -0.15) is 27.7 Å². The number of nitrogens with one attached hydrogen (secondary N) is 1. The fourth-order valence-corrected chi connectivity index (χ4v) is 8.08. The van der Waals surface area contributed by atoms with Gasteiger partial charge in [-0.25, -0.2) is 9.48 Å².